The number of para-hydroxylation sites is 1. The van der Waals surface area contributed by atoms with Crippen LogP contribution in [0.2, 0.25) is 0 Å². The first-order valence-corrected chi connectivity index (χ1v) is 12.4. The lowest BCUT2D eigenvalue weighted by atomic mass is 10.1. The molecule has 0 spiro atoms. The van der Waals surface area contributed by atoms with Gasteiger partial charge in [-0.3, -0.25) is 4.79 Å². The van der Waals surface area contributed by atoms with Gasteiger partial charge in [-0.1, -0.05) is 36.4 Å². The number of methoxy groups -OCH3 is 1. The van der Waals surface area contributed by atoms with E-state index in [-0.39, 0.29) is 24.0 Å². The molecule has 2 aromatic heterocycles. The molecule has 9 heteroatoms. The summed E-state index contributed by atoms with van der Waals surface area (Å²) in [6.45, 7) is 4.10. The Morgan fingerprint density at radius 2 is 1.97 bits per heavy atom. The molecule has 4 rings (SSSR count). The van der Waals surface area contributed by atoms with E-state index in [0.29, 0.717) is 22.5 Å². The maximum atomic E-state index is 13.4. The van der Waals surface area contributed by atoms with Gasteiger partial charge in [0, 0.05) is 20.0 Å². The summed E-state index contributed by atoms with van der Waals surface area (Å²) in [5, 5.41) is 0.654. The quantitative estimate of drug-likeness (QED) is 0.240. The lowest BCUT2D eigenvalue weighted by Gasteiger charge is -2.24. The zero-order chi connectivity index (χ0) is 24.9. The fourth-order valence-electron chi connectivity index (χ4n) is 3.67. The second-order valence-electron chi connectivity index (χ2n) is 7.74. The first-order valence-electron chi connectivity index (χ1n) is 10.8. The Morgan fingerprint density at radius 1 is 1.23 bits per heavy atom. The van der Waals surface area contributed by atoms with Gasteiger partial charge in [-0.05, 0) is 45.3 Å². The van der Waals surface area contributed by atoms with Gasteiger partial charge in [0.05, 0.1) is 21.8 Å². The average molecular weight is 556 g/mol. The van der Waals surface area contributed by atoms with Crippen molar-refractivity contribution in [2.75, 3.05) is 20.7 Å². The molecule has 0 aliphatic rings. The number of amides is 1. The molecule has 180 valence electrons. The van der Waals surface area contributed by atoms with E-state index >= 15 is 0 Å². The predicted octanol–water partition coefficient (Wildman–Crippen LogP) is 5.90. The Balaban J connectivity index is 1.74. The Hall–Kier alpha value is -3.30. The number of thiophene rings is 1. The number of halogens is 2. The number of fused-ring (bicyclic) bond motifs is 1. The Bertz CT molecular complexity index is 1360. The smallest absolute Gasteiger partial charge is 0.264 e. The molecule has 6 nitrogen and oxygen atoms in total. The van der Waals surface area contributed by atoms with Gasteiger partial charge in [0.1, 0.15) is 22.7 Å². The molecule has 0 aliphatic carbocycles. The molecular weight excluding hydrogens is 533 g/mol. The van der Waals surface area contributed by atoms with Crippen LogP contribution in [0.25, 0.3) is 20.7 Å². The fraction of sp³-hybridized carbons (Fsp3) is 0.192. The minimum absolute atomic E-state index is 0.215. The van der Waals surface area contributed by atoms with Gasteiger partial charge in [-0.2, -0.15) is 0 Å². The molecule has 0 fully saturated rings. The maximum absolute atomic E-state index is 13.4. The maximum Gasteiger partial charge on any atom is 0.264 e. The van der Waals surface area contributed by atoms with Gasteiger partial charge in [0.25, 0.3) is 5.91 Å². The van der Waals surface area contributed by atoms with E-state index in [2.05, 4.69) is 32.5 Å². The van der Waals surface area contributed by atoms with Gasteiger partial charge in [-0.15, -0.1) is 17.9 Å². The van der Waals surface area contributed by atoms with Crippen molar-refractivity contribution in [3.63, 3.8) is 0 Å². The normalized spacial score (nSPS) is 11.8. The van der Waals surface area contributed by atoms with E-state index in [1.54, 1.807) is 37.3 Å². The molecule has 0 saturated heterocycles. The van der Waals surface area contributed by atoms with E-state index in [1.165, 1.54) is 29.8 Å². The zero-order valence-corrected chi connectivity index (χ0v) is 21.6. The number of nitrogens with zero attached hydrogens (tertiary/aromatic N) is 3. The molecular formula is C26H23BrFN3O3S. The number of carbonyl (C=O) groups excluding carboxylic acids is 1. The summed E-state index contributed by atoms with van der Waals surface area (Å²) < 4.78 is 25.9. The number of carbonyl (C=O) groups is 1. The molecule has 1 unspecified atom stereocenters. The summed E-state index contributed by atoms with van der Waals surface area (Å²) in [6, 6.07) is 13.7. The van der Waals surface area contributed by atoms with Crippen LogP contribution in [0, 0.1) is 5.82 Å². The Kier molecular flexibility index (Phi) is 7.77. The SMILES string of the molecule is C=CCN(C)C(=O)C(Cc1ccccc1OC)Oc1ncnc2sc(-c3ccc(F)cc3)c(Br)c12. The standard InChI is InChI=1S/C26H23BrFN3O3S/c1-4-13-31(2)26(32)20(14-17-7-5-6-8-19(17)33-3)34-24-21-22(27)23(35-25(21)30-15-29-24)16-9-11-18(28)12-10-16/h4-12,15,20H,1,13-14H2,2-3H3. The van der Waals surface area contributed by atoms with Crippen molar-refractivity contribution in [1.29, 1.82) is 0 Å². The predicted molar refractivity (Wildman–Crippen MR) is 139 cm³/mol. The molecule has 4 aromatic rings. The number of hydrogen-bond donors (Lipinski definition) is 0. The monoisotopic (exact) mass is 555 g/mol. The topological polar surface area (TPSA) is 64.6 Å². The van der Waals surface area contributed by atoms with Crippen LogP contribution in [0.15, 0.2) is 72.0 Å². The third-order valence-electron chi connectivity index (χ3n) is 5.41. The first-order chi connectivity index (χ1) is 16.9. The van der Waals surface area contributed by atoms with Crippen LogP contribution >= 0.6 is 27.3 Å². The van der Waals surface area contributed by atoms with Crippen LogP contribution in [0.3, 0.4) is 0 Å². The number of likely N-dealkylation sites (N-methyl/N-ethyl adjacent to an activating group) is 1. The van der Waals surface area contributed by atoms with Gasteiger partial charge < -0.3 is 14.4 Å². The third-order valence-corrected chi connectivity index (χ3v) is 7.61. The number of aromatic nitrogens is 2. The Labute approximate surface area is 215 Å². The van der Waals surface area contributed by atoms with Crippen LogP contribution in [0.5, 0.6) is 11.6 Å². The van der Waals surface area contributed by atoms with Crippen molar-refractivity contribution in [2.24, 2.45) is 0 Å². The largest absolute Gasteiger partial charge is 0.496 e. The average Bonchev–Trinajstić information content (AvgIpc) is 3.21. The summed E-state index contributed by atoms with van der Waals surface area (Å²) in [5.41, 5.74) is 1.67. The first kappa shape index (κ1) is 24.8. The summed E-state index contributed by atoms with van der Waals surface area (Å²) in [7, 11) is 3.29. The number of hydrogen-bond acceptors (Lipinski definition) is 6. The lowest BCUT2D eigenvalue weighted by molar-refractivity contribution is -0.136. The summed E-state index contributed by atoms with van der Waals surface area (Å²) in [4.78, 5) is 25.2. The molecule has 35 heavy (non-hydrogen) atoms. The van der Waals surface area contributed by atoms with E-state index in [4.69, 9.17) is 9.47 Å². The van der Waals surface area contributed by atoms with Gasteiger partial charge in [0.15, 0.2) is 6.10 Å². The molecule has 2 aromatic carbocycles. The van der Waals surface area contributed by atoms with E-state index in [9.17, 15) is 9.18 Å². The molecule has 2 heterocycles. The van der Waals surface area contributed by atoms with Crippen LogP contribution in [-0.4, -0.2) is 47.6 Å². The molecule has 0 saturated carbocycles. The molecule has 1 amide bonds. The van der Waals surface area contributed by atoms with Crippen molar-refractivity contribution in [2.45, 2.75) is 12.5 Å². The third kappa shape index (κ3) is 5.36. The van der Waals surface area contributed by atoms with Gasteiger partial charge in [0.2, 0.25) is 5.88 Å². The number of ether oxygens (including phenoxy) is 2. The Morgan fingerprint density at radius 3 is 2.69 bits per heavy atom. The minimum atomic E-state index is -0.865. The second-order valence-corrected chi connectivity index (χ2v) is 9.53. The van der Waals surface area contributed by atoms with Crippen LogP contribution in [-0.2, 0) is 11.2 Å². The zero-order valence-electron chi connectivity index (χ0n) is 19.2. The summed E-state index contributed by atoms with van der Waals surface area (Å²) in [6.07, 6.45) is 2.48. The van der Waals surface area contributed by atoms with Crippen LogP contribution in [0.1, 0.15) is 5.56 Å². The van der Waals surface area contributed by atoms with Gasteiger partial charge >= 0.3 is 0 Å². The molecule has 0 N–H and O–H groups in total. The molecule has 1 atom stereocenters. The molecule has 0 aliphatic heterocycles. The fourth-order valence-corrected chi connectivity index (χ4v) is 5.66. The van der Waals surface area contributed by atoms with Crippen molar-refractivity contribution in [3.8, 4) is 22.1 Å². The minimum Gasteiger partial charge on any atom is -0.496 e. The van der Waals surface area contributed by atoms with E-state index in [1.807, 2.05) is 24.3 Å². The highest BCUT2D eigenvalue weighted by Crippen LogP contribution is 2.44. The summed E-state index contributed by atoms with van der Waals surface area (Å²) >= 11 is 5.08. The van der Waals surface area contributed by atoms with E-state index < -0.39 is 6.10 Å². The highest BCUT2D eigenvalue weighted by atomic mass is 79.9. The van der Waals surface area contributed by atoms with Gasteiger partial charge in [-0.25, -0.2) is 14.4 Å². The molecule has 0 radical (unpaired) electrons. The summed E-state index contributed by atoms with van der Waals surface area (Å²) in [5.74, 6) is 0.430. The van der Waals surface area contributed by atoms with Crippen molar-refractivity contribution in [1.82, 2.24) is 14.9 Å². The van der Waals surface area contributed by atoms with Crippen molar-refractivity contribution < 1.29 is 18.7 Å². The van der Waals surface area contributed by atoms with Crippen LogP contribution in [0.4, 0.5) is 4.39 Å². The van der Waals surface area contributed by atoms with E-state index in [0.717, 1.165) is 20.5 Å². The highest BCUT2D eigenvalue weighted by Gasteiger charge is 2.28. The highest BCUT2D eigenvalue weighted by molar-refractivity contribution is 9.10. The number of rotatable bonds is 9. The second kappa shape index (κ2) is 11.0. The van der Waals surface area contributed by atoms with Crippen molar-refractivity contribution >= 4 is 43.4 Å². The molecule has 0 bridgehead atoms. The van der Waals surface area contributed by atoms with Crippen LogP contribution < -0.4 is 9.47 Å². The number of benzene rings is 2. The van der Waals surface area contributed by atoms with Crippen molar-refractivity contribution in [3.05, 3.63) is 83.4 Å². The lowest BCUT2D eigenvalue weighted by Crippen LogP contribution is -2.41.